The van der Waals surface area contributed by atoms with Gasteiger partial charge in [0.25, 0.3) is 0 Å². The number of benzene rings is 1. The van der Waals surface area contributed by atoms with E-state index in [9.17, 15) is 4.39 Å². The average Bonchev–Trinajstić information content (AvgIpc) is 2.22. The minimum absolute atomic E-state index is 0.273. The standard InChI is InChI=1S/C12H11ClFN3/c1-7-2-3-9(6-10(7)14)16-12-5-8(15)4-11(13)17-12/h2-6H,1H3,(H3,15,16,17). The molecule has 0 saturated carbocycles. The van der Waals surface area contributed by atoms with E-state index in [4.69, 9.17) is 17.3 Å². The molecule has 0 fully saturated rings. The number of nitrogens with zero attached hydrogens (tertiary/aromatic N) is 1. The van der Waals surface area contributed by atoms with E-state index in [-0.39, 0.29) is 5.82 Å². The Morgan fingerprint density at radius 3 is 2.71 bits per heavy atom. The lowest BCUT2D eigenvalue weighted by molar-refractivity contribution is 0.619. The summed E-state index contributed by atoms with van der Waals surface area (Å²) in [7, 11) is 0. The van der Waals surface area contributed by atoms with Crippen LogP contribution in [-0.2, 0) is 0 Å². The molecule has 0 spiro atoms. The van der Waals surface area contributed by atoms with E-state index in [0.717, 1.165) is 0 Å². The van der Waals surface area contributed by atoms with E-state index >= 15 is 0 Å². The summed E-state index contributed by atoms with van der Waals surface area (Å²) < 4.78 is 13.3. The largest absolute Gasteiger partial charge is 0.399 e. The van der Waals surface area contributed by atoms with Crippen LogP contribution in [0.2, 0.25) is 5.15 Å². The van der Waals surface area contributed by atoms with E-state index in [1.807, 2.05) is 0 Å². The summed E-state index contributed by atoms with van der Waals surface area (Å²) in [6.07, 6.45) is 0. The van der Waals surface area contributed by atoms with Crippen LogP contribution in [0.15, 0.2) is 30.3 Å². The van der Waals surface area contributed by atoms with Crippen molar-refractivity contribution in [2.75, 3.05) is 11.1 Å². The number of hydrogen-bond donors (Lipinski definition) is 2. The molecule has 1 aromatic carbocycles. The molecular formula is C12H11ClFN3. The van der Waals surface area contributed by atoms with Crippen molar-refractivity contribution in [1.29, 1.82) is 0 Å². The lowest BCUT2D eigenvalue weighted by Gasteiger charge is -2.07. The Balaban J connectivity index is 2.28. The lowest BCUT2D eigenvalue weighted by Crippen LogP contribution is -1.97. The van der Waals surface area contributed by atoms with E-state index in [2.05, 4.69) is 10.3 Å². The van der Waals surface area contributed by atoms with Crippen molar-refractivity contribution in [3.8, 4) is 0 Å². The maximum atomic E-state index is 13.3. The number of aryl methyl sites for hydroxylation is 1. The van der Waals surface area contributed by atoms with E-state index in [1.54, 1.807) is 31.2 Å². The fourth-order valence-corrected chi connectivity index (χ4v) is 1.62. The van der Waals surface area contributed by atoms with Gasteiger partial charge in [0.15, 0.2) is 0 Å². The number of anilines is 3. The molecule has 0 saturated heterocycles. The zero-order chi connectivity index (χ0) is 12.4. The van der Waals surface area contributed by atoms with Crippen molar-refractivity contribution in [1.82, 2.24) is 4.98 Å². The number of nitrogens with two attached hydrogens (primary N) is 1. The van der Waals surface area contributed by atoms with Crippen molar-refractivity contribution in [3.05, 3.63) is 46.9 Å². The molecule has 0 atom stereocenters. The topological polar surface area (TPSA) is 50.9 Å². The minimum Gasteiger partial charge on any atom is -0.399 e. The number of pyridine rings is 1. The van der Waals surface area contributed by atoms with Gasteiger partial charge in [0.1, 0.15) is 16.8 Å². The molecule has 0 amide bonds. The number of nitrogen functional groups attached to an aromatic ring is 1. The first kappa shape index (κ1) is 11.7. The van der Waals surface area contributed by atoms with Crippen LogP contribution >= 0.6 is 11.6 Å². The smallest absolute Gasteiger partial charge is 0.134 e. The van der Waals surface area contributed by atoms with E-state index in [1.165, 1.54) is 6.07 Å². The molecule has 0 unspecified atom stereocenters. The van der Waals surface area contributed by atoms with E-state index < -0.39 is 0 Å². The molecule has 0 aliphatic carbocycles. The lowest BCUT2D eigenvalue weighted by atomic mass is 10.2. The van der Waals surface area contributed by atoms with Gasteiger partial charge in [-0.2, -0.15) is 0 Å². The summed E-state index contributed by atoms with van der Waals surface area (Å²) in [4.78, 5) is 4.03. The molecule has 0 bridgehead atoms. The fourth-order valence-electron chi connectivity index (χ4n) is 1.40. The van der Waals surface area contributed by atoms with Gasteiger partial charge in [-0.25, -0.2) is 9.37 Å². The van der Waals surface area contributed by atoms with Crippen molar-refractivity contribution in [3.63, 3.8) is 0 Å². The van der Waals surface area contributed by atoms with Gasteiger partial charge in [-0.15, -0.1) is 0 Å². The first-order valence-electron chi connectivity index (χ1n) is 5.01. The van der Waals surface area contributed by atoms with Crippen LogP contribution in [0.5, 0.6) is 0 Å². The summed E-state index contributed by atoms with van der Waals surface area (Å²) in [6, 6.07) is 8.02. The Kier molecular flexibility index (Phi) is 3.15. The van der Waals surface area contributed by atoms with Crippen molar-refractivity contribution < 1.29 is 4.39 Å². The van der Waals surface area contributed by atoms with Crippen LogP contribution in [0, 0.1) is 12.7 Å². The molecule has 3 N–H and O–H groups in total. The number of nitrogens with one attached hydrogen (secondary N) is 1. The van der Waals surface area contributed by atoms with E-state index in [0.29, 0.717) is 27.9 Å². The molecule has 1 heterocycles. The molecule has 17 heavy (non-hydrogen) atoms. The number of halogens is 2. The van der Waals surface area contributed by atoms with Gasteiger partial charge in [-0.1, -0.05) is 17.7 Å². The van der Waals surface area contributed by atoms with Crippen LogP contribution in [0.3, 0.4) is 0 Å². The molecule has 2 rings (SSSR count). The number of rotatable bonds is 2. The summed E-state index contributed by atoms with van der Waals surface area (Å²) in [6.45, 7) is 1.70. The second-order valence-corrected chi connectivity index (χ2v) is 4.08. The molecular weight excluding hydrogens is 241 g/mol. The van der Waals surface area contributed by atoms with Crippen LogP contribution in [-0.4, -0.2) is 4.98 Å². The first-order chi connectivity index (χ1) is 8.04. The molecule has 0 aliphatic rings. The van der Waals surface area contributed by atoms with Gasteiger partial charge in [0.2, 0.25) is 0 Å². The minimum atomic E-state index is -0.273. The second kappa shape index (κ2) is 4.59. The quantitative estimate of drug-likeness (QED) is 0.803. The van der Waals surface area contributed by atoms with Gasteiger partial charge in [-0.3, -0.25) is 0 Å². The third kappa shape index (κ3) is 2.85. The Morgan fingerprint density at radius 1 is 1.29 bits per heavy atom. The SMILES string of the molecule is Cc1ccc(Nc2cc(N)cc(Cl)n2)cc1F. The Labute approximate surface area is 103 Å². The van der Waals surface area contributed by atoms with Crippen molar-refractivity contribution in [2.24, 2.45) is 0 Å². The monoisotopic (exact) mass is 251 g/mol. The first-order valence-corrected chi connectivity index (χ1v) is 5.38. The third-order valence-corrected chi connectivity index (χ3v) is 2.45. The molecule has 0 radical (unpaired) electrons. The van der Waals surface area contributed by atoms with Crippen LogP contribution < -0.4 is 11.1 Å². The van der Waals surface area contributed by atoms with Crippen molar-refractivity contribution >= 4 is 28.8 Å². The third-order valence-electron chi connectivity index (χ3n) is 2.26. The number of hydrogen-bond acceptors (Lipinski definition) is 3. The highest BCUT2D eigenvalue weighted by molar-refractivity contribution is 6.29. The van der Waals surface area contributed by atoms with Gasteiger partial charge >= 0.3 is 0 Å². The van der Waals surface area contributed by atoms with Gasteiger partial charge in [-0.05, 0) is 30.7 Å². The highest BCUT2D eigenvalue weighted by Gasteiger charge is 2.02. The molecule has 88 valence electrons. The maximum Gasteiger partial charge on any atom is 0.134 e. The summed E-state index contributed by atoms with van der Waals surface area (Å²) in [5.74, 6) is 0.211. The highest BCUT2D eigenvalue weighted by Crippen LogP contribution is 2.21. The van der Waals surface area contributed by atoms with Crippen LogP contribution in [0.1, 0.15) is 5.56 Å². The summed E-state index contributed by atoms with van der Waals surface area (Å²) >= 11 is 5.77. The Hall–Kier alpha value is -1.81. The predicted molar refractivity (Wildman–Crippen MR) is 68.1 cm³/mol. The molecule has 2 aromatic rings. The van der Waals surface area contributed by atoms with Gasteiger partial charge < -0.3 is 11.1 Å². The molecule has 1 aromatic heterocycles. The Morgan fingerprint density at radius 2 is 2.06 bits per heavy atom. The summed E-state index contributed by atoms with van der Waals surface area (Å²) in [5, 5.41) is 3.23. The van der Waals surface area contributed by atoms with Crippen LogP contribution in [0.4, 0.5) is 21.6 Å². The molecule has 5 heteroatoms. The predicted octanol–water partition coefficient (Wildman–Crippen LogP) is 3.51. The molecule has 3 nitrogen and oxygen atoms in total. The Bertz CT molecular complexity index is 537. The zero-order valence-corrected chi connectivity index (χ0v) is 9.92. The molecule has 0 aliphatic heterocycles. The normalized spacial score (nSPS) is 10.3. The number of aromatic nitrogens is 1. The van der Waals surface area contributed by atoms with Gasteiger partial charge in [0, 0.05) is 17.4 Å². The average molecular weight is 252 g/mol. The zero-order valence-electron chi connectivity index (χ0n) is 9.17. The maximum absolute atomic E-state index is 13.3. The van der Waals surface area contributed by atoms with Gasteiger partial charge in [0.05, 0.1) is 0 Å². The summed E-state index contributed by atoms with van der Waals surface area (Å²) in [5.41, 5.74) is 7.32. The van der Waals surface area contributed by atoms with Crippen molar-refractivity contribution in [2.45, 2.75) is 6.92 Å². The second-order valence-electron chi connectivity index (χ2n) is 3.70. The highest BCUT2D eigenvalue weighted by atomic mass is 35.5. The fraction of sp³-hybridized carbons (Fsp3) is 0.0833. The van der Waals surface area contributed by atoms with Crippen LogP contribution in [0.25, 0.3) is 0 Å².